The van der Waals surface area contributed by atoms with Crippen molar-refractivity contribution >= 4 is 36.4 Å². The molecule has 0 aliphatic heterocycles. The monoisotopic (exact) mass is 509 g/mol. The first-order chi connectivity index (χ1) is 14.0. The first-order valence-corrected chi connectivity index (χ1v) is 16.9. The Morgan fingerprint density at radius 3 is 1.77 bits per heavy atom. The standard InChI is InChI=1S/C17H41N3O6P2S2/c1-17(8-5-9-18-11-15-29-27(21,22)23)7-3-4-13-20(2)14-6-10-19-12-16-30-28(24,25)26/h17-19H,3-16H2,1-2H3,(H2,21,22,23)(H2,24,25,26). The lowest BCUT2D eigenvalue weighted by molar-refractivity contribution is 0.312. The van der Waals surface area contributed by atoms with Crippen LogP contribution in [-0.4, -0.2) is 82.3 Å². The van der Waals surface area contributed by atoms with Gasteiger partial charge >= 0.3 is 13.6 Å². The third-order valence-electron chi connectivity index (χ3n) is 4.51. The van der Waals surface area contributed by atoms with Crippen LogP contribution in [0.25, 0.3) is 0 Å². The molecule has 6 N–H and O–H groups in total. The van der Waals surface area contributed by atoms with Gasteiger partial charge in [-0.15, -0.1) is 0 Å². The highest BCUT2D eigenvalue weighted by molar-refractivity contribution is 8.54. The van der Waals surface area contributed by atoms with Crippen LogP contribution in [0.1, 0.15) is 45.4 Å². The molecule has 0 rings (SSSR count). The number of hydrogen-bond donors (Lipinski definition) is 6. The minimum atomic E-state index is -3.94. The zero-order chi connectivity index (χ0) is 22.9. The van der Waals surface area contributed by atoms with Gasteiger partial charge in [0.25, 0.3) is 0 Å². The van der Waals surface area contributed by atoms with Crippen molar-refractivity contribution in [1.82, 2.24) is 15.5 Å². The minimum absolute atomic E-state index is 0.421. The summed E-state index contributed by atoms with van der Waals surface area (Å²) in [5.41, 5.74) is 0. The molecule has 0 fully saturated rings. The summed E-state index contributed by atoms with van der Waals surface area (Å²) >= 11 is 1.38. The number of hydrogen-bond acceptors (Lipinski definition) is 7. The maximum atomic E-state index is 10.7. The van der Waals surface area contributed by atoms with Crippen LogP contribution in [0.5, 0.6) is 0 Å². The Kier molecular flexibility index (Phi) is 18.9. The van der Waals surface area contributed by atoms with E-state index in [1.54, 1.807) is 0 Å². The van der Waals surface area contributed by atoms with Crippen molar-refractivity contribution in [2.45, 2.75) is 45.4 Å². The predicted molar refractivity (Wildman–Crippen MR) is 129 cm³/mol. The van der Waals surface area contributed by atoms with Crippen molar-refractivity contribution in [3.8, 4) is 0 Å². The smallest absolute Gasteiger partial charge is 0.317 e. The first kappa shape index (κ1) is 30.9. The maximum Gasteiger partial charge on any atom is 0.384 e. The molecule has 182 valence electrons. The molecule has 0 spiro atoms. The SMILES string of the molecule is CC(CCCCN(C)CCCNCCSP(=O)(O)O)CCCNCCSP(=O)(O)O. The summed E-state index contributed by atoms with van der Waals surface area (Å²) in [7, 11) is 2.13. The van der Waals surface area contributed by atoms with E-state index in [-0.39, 0.29) is 0 Å². The zero-order valence-corrected chi connectivity index (χ0v) is 21.7. The summed E-state index contributed by atoms with van der Waals surface area (Å²) in [4.78, 5) is 37.3. The van der Waals surface area contributed by atoms with E-state index in [4.69, 9.17) is 19.6 Å². The van der Waals surface area contributed by atoms with Crippen molar-refractivity contribution < 1.29 is 28.7 Å². The fourth-order valence-electron chi connectivity index (χ4n) is 2.90. The molecular weight excluding hydrogens is 468 g/mol. The van der Waals surface area contributed by atoms with Gasteiger partial charge in [-0.25, -0.2) is 9.13 Å². The van der Waals surface area contributed by atoms with E-state index in [1.165, 1.54) is 25.7 Å². The van der Waals surface area contributed by atoms with Crippen LogP contribution in [0.2, 0.25) is 0 Å². The van der Waals surface area contributed by atoms with Gasteiger partial charge in [0.05, 0.1) is 0 Å². The van der Waals surface area contributed by atoms with Crippen molar-refractivity contribution in [2.24, 2.45) is 5.92 Å². The van der Waals surface area contributed by atoms with Gasteiger partial charge in [-0.3, -0.25) is 0 Å². The van der Waals surface area contributed by atoms with E-state index in [1.807, 2.05) is 0 Å². The molecule has 30 heavy (non-hydrogen) atoms. The average Bonchev–Trinajstić information content (AvgIpc) is 2.62. The van der Waals surface area contributed by atoms with Crippen LogP contribution < -0.4 is 10.6 Å². The second-order valence-corrected chi connectivity index (χ2v) is 15.2. The Hall–Kier alpha value is 0.880. The average molecular weight is 510 g/mol. The Bertz CT molecular complexity index is 466. The number of nitrogens with zero attached hydrogens (tertiary/aromatic N) is 1. The second-order valence-electron chi connectivity index (χ2n) is 7.55. The highest BCUT2D eigenvalue weighted by Crippen LogP contribution is 2.50. The Labute approximate surface area is 189 Å². The second kappa shape index (κ2) is 18.3. The van der Waals surface area contributed by atoms with Gasteiger partial charge in [0, 0.05) is 24.6 Å². The molecule has 0 aromatic carbocycles. The predicted octanol–water partition coefficient (Wildman–Crippen LogP) is 2.73. The van der Waals surface area contributed by atoms with Gasteiger partial charge in [-0.05, 0) is 87.6 Å². The molecule has 0 saturated carbocycles. The van der Waals surface area contributed by atoms with Crippen LogP contribution >= 0.6 is 36.4 Å². The van der Waals surface area contributed by atoms with Crippen LogP contribution in [0.15, 0.2) is 0 Å². The molecule has 1 unspecified atom stereocenters. The van der Waals surface area contributed by atoms with Gasteiger partial charge in [-0.1, -0.05) is 19.8 Å². The van der Waals surface area contributed by atoms with Crippen molar-refractivity contribution in [2.75, 3.05) is 57.8 Å². The van der Waals surface area contributed by atoms with Gasteiger partial charge in [0.1, 0.15) is 0 Å². The fourth-order valence-corrected chi connectivity index (χ4v) is 5.83. The first-order valence-electron chi connectivity index (χ1n) is 10.5. The third kappa shape index (κ3) is 25.1. The molecule has 0 aliphatic rings. The highest BCUT2D eigenvalue weighted by atomic mass is 32.7. The van der Waals surface area contributed by atoms with Crippen molar-refractivity contribution in [3.05, 3.63) is 0 Å². The van der Waals surface area contributed by atoms with Crippen LogP contribution in [-0.2, 0) is 9.13 Å². The molecule has 0 radical (unpaired) electrons. The molecule has 0 aromatic rings. The van der Waals surface area contributed by atoms with Gasteiger partial charge in [0.15, 0.2) is 0 Å². The zero-order valence-electron chi connectivity index (χ0n) is 18.2. The molecular formula is C17H41N3O6P2S2. The lowest BCUT2D eigenvalue weighted by Gasteiger charge is -2.17. The Morgan fingerprint density at radius 2 is 1.23 bits per heavy atom. The topological polar surface area (TPSA) is 142 Å². The summed E-state index contributed by atoms with van der Waals surface area (Å²) in [5.74, 6) is 1.54. The summed E-state index contributed by atoms with van der Waals surface area (Å²) < 4.78 is 21.4. The maximum absolute atomic E-state index is 10.7. The summed E-state index contributed by atoms with van der Waals surface area (Å²) in [6.45, 7) is -0.511. The third-order valence-corrected chi connectivity index (χ3v) is 9.07. The molecule has 0 aliphatic carbocycles. The number of nitrogens with one attached hydrogen (secondary N) is 2. The van der Waals surface area contributed by atoms with Gasteiger partial charge in [0.2, 0.25) is 0 Å². The molecule has 0 amide bonds. The molecule has 13 heteroatoms. The van der Waals surface area contributed by atoms with E-state index in [0.717, 1.165) is 39.0 Å². The molecule has 0 bridgehead atoms. The fraction of sp³-hybridized carbons (Fsp3) is 1.00. The lowest BCUT2D eigenvalue weighted by Crippen LogP contribution is -2.26. The largest absolute Gasteiger partial charge is 0.384 e. The summed E-state index contributed by atoms with van der Waals surface area (Å²) in [6.07, 6.45) is 6.90. The van der Waals surface area contributed by atoms with Crippen LogP contribution in [0.4, 0.5) is 0 Å². The molecule has 0 saturated heterocycles. The van der Waals surface area contributed by atoms with E-state index in [0.29, 0.717) is 53.3 Å². The van der Waals surface area contributed by atoms with E-state index in [9.17, 15) is 9.13 Å². The van der Waals surface area contributed by atoms with Gasteiger partial charge < -0.3 is 35.1 Å². The molecule has 9 nitrogen and oxygen atoms in total. The van der Waals surface area contributed by atoms with Gasteiger partial charge in [-0.2, -0.15) is 0 Å². The quantitative estimate of drug-likeness (QED) is 0.100. The van der Waals surface area contributed by atoms with Crippen molar-refractivity contribution in [3.63, 3.8) is 0 Å². The number of rotatable bonds is 21. The molecule has 1 atom stereocenters. The summed E-state index contributed by atoms with van der Waals surface area (Å²) in [5, 5.41) is 6.43. The highest BCUT2D eigenvalue weighted by Gasteiger charge is 2.13. The van der Waals surface area contributed by atoms with Crippen molar-refractivity contribution in [1.29, 1.82) is 0 Å². The molecule has 0 aromatic heterocycles. The minimum Gasteiger partial charge on any atom is -0.317 e. The summed E-state index contributed by atoms with van der Waals surface area (Å²) in [6, 6.07) is 0. The number of unbranched alkanes of at least 4 members (excludes halogenated alkanes) is 1. The Morgan fingerprint density at radius 1 is 0.767 bits per heavy atom. The molecule has 0 heterocycles. The van der Waals surface area contributed by atoms with E-state index in [2.05, 4.69) is 29.5 Å². The Balaban J connectivity index is 3.40. The normalized spacial score (nSPS) is 13.8. The van der Waals surface area contributed by atoms with E-state index < -0.39 is 13.6 Å². The lowest BCUT2D eigenvalue weighted by atomic mass is 9.99. The van der Waals surface area contributed by atoms with E-state index >= 15 is 0 Å². The van der Waals surface area contributed by atoms with Crippen LogP contribution in [0, 0.1) is 5.92 Å². The van der Waals surface area contributed by atoms with Crippen LogP contribution in [0.3, 0.4) is 0 Å².